The molecular formula is C14H17NO3S. The molecule has 1 aliphatic rings. The fourth-order valence-electron chi connectivity index (χ4n) is 2.02. The first kappa shape index (κ1) is 13.9. The van der Waals surface area contributed by atoms with Crippen LogP contribution in [-0.2, 0) is 20.7 Å². The topological polar surface area (TPSA) is 55.4 Å². The van der Waals surface area contributed by atoms with Crippen LogP contribution in [0.4, 0.5) is 0 Å². The molecule has 2 rings (SSSR count). The van der Waals surface area contributed by atoms with Crippen molar-refractivity contribution in [3.8, 4) is 0 Å². The summed E-state index contributed by atoms with van der Waals surface area (Å²) in [5.74, 6) is -0.571. The molecular weight excluding hydrogens is 262 g/mol. The van der Waals surface area contributed by atoms with Crippen molar-refractivity contribution in [2.45, 2.75) is 36.0 Å². The van der Waals surface area contributed by atoms with Gasteiger partial charge in [-0.2, -0.15) is 0 Å². The van der Waals surface area contributed by atoms with Gasteiger partial charge in [0.15, 0.2) is 0 Å². The normalized spacial score (nSPS) is 17.7. The van der Waals surface area contributed by atoms with Crippen LogP contribution in [0.5, 0.6) is 0 Å². The summed E-state index contributed by atoms with van der Waals surface area (Å²) in [5, 5.41) is 2.57. The van der Waals surface area contributed by atoms with E-state index in [1.54, 1.807) is 25.6 Å². The van der Waals surface area contributed by atoms with Crippen LogP contribution in [0.25, 0.3) is 0 Å². The molecule has 0 saturated carbocycles. The number of methoxy groups -OCH3 is 1. The average Bonchev–Trinajstić information content (AvgIpc) is 2.81. The van der Waals surface area contributed by atoms with E-state index in [4.69, 9.17) is 0 Å². The zero-order valence-corrected chi connectivity index (χ0v) is 12.0. The maximum atomic E-state index is 12.2. The number of thioether (sulfide) groups is 1. The molecule has 5 heteroatoms. The minimum absolute atomic E-state index is 0.128. The third kappa shape index (κ3) is 2.92. The van der Waals surface area contributed by atoms with Gasteiger partial charge >= 0.3 is 5.97 Å². The van der Waals surface area contributed by atoms with Gasteiger partial charge in [0.25, 0.3) is 0 Å². The Kier molecular flexibility index (Phi) is 3.85. The van der Waals surface area contributed by atoms with Crippen LogP contribution in [0.2, 0.25) is 0 Å². The van der Waals surface area contributed by atoms with Crippen LogP contribution in [0.1, 0.15) is 19.4 Å². The van der Waals surface area contributed by atoms with Crippen molar-refractivity contribution in [1.82, 2.24) is 5.32 Å². The lowest BCUT2D eigenvalue weighted by Gasteiger charge is -2.24. The zero-order chi connectivity index (χ0) is 14.0. The molecule has 1 N–H and O–H groups in total. The van der Waals surface area contributed by atoms with Gasteiger partial charge in [-0.3, -0.25) is 4.79 Å². The Morgan fingerprint density at radius 2 is 2.05 bits per heavy atom. The van der Waals surface area contributed by atoms with Crippen molar-refractivity contribution >= 4 is 23.6 Å². The lowest BCUT2D eigenvalue weighted by Crippen LogP contribution is -2.52. The van der Waals surface area contributed by atoms with E-state index >= 15 is 0 Å². The molecule has 0 aliphatic carbocycles. The Balaban J connectivity index is 2.02. The Labute approximate surface area is 116 Å². The van der Waals surface area contributed by atoms with Crippen molar-refractivity contribution in [3.63, 3.8) is 0 Å². The molecule has 0 saturated heterocycles. The summed E-state index contributed by atoms with van der Waals surface area (Å²) >= 11 is 1.54. The van der Waals surface area contributed by atoms with Crippen LogP contribution in [-0.4, -0.2) is 29.8 Å². The second-order valence-electron chi connectivity index (χ2n) is 5.02. The van der Waals surface area contributed by atoms with E-state index in [0.717, 1.165) is 4.90 Å². The fraction of sp³-hybridized carbons (Fsp3) is 0.429. The summed E-state index contributed by atoms with van der Waals surface area (Å²) in [6.45, 7) is 3.28. The van der Waals surface area contributed by atoms with Gasteiger partial charge in [-0.25, -0.2) is 4.79 Å². The minimum Gasteiger partial charge on any atom is -0.467 e. The number of carbonyl (C=O) groups excluding carboxylic acids is 2. The number of amides is 1. The fourth-order valence-corrected chi connectivity index (χ4v) is 3.22. The minimum atomic E-state index is -0.999. The summed E-state index contributed by atoms with van der Waals surface area (Å²) in [6.07, 6.45) is 0.698. The molecule has 1 aromatic carbocycles. The van der Waals surface area contributed by atoms with E-state index in [-0.39, 0.29) is 11.2 Å². The first-order valence-electron chi connectivity index (χ1n) is 6.09. The number of hydrogen-bond acceptors (Lipinski definition) is 4. The maximum Gasteiger partial charge on any atom is 0.330 e. The number of carbonyl (C=O) groups is 2. The van der Waals surface area contributed by atoms with Gasteiger partial charge in [0.05, 0.1) is 12.4 Å². The highest BCUT2D eigenvalue weighted by atomic mass is 32.2. The van der Waals surface area contributed by atoms with E-state index in [2.05, 4.69) is 10.1 Å². The summed E-state index contributed by atoms with van der Waals surface area (Å²) in [4.78, 5) is 24.9. The van der Waals surface area contributed by atoms with Gasteiger partial charge in [0, 0.05) is 4.90 Å². The largest absolute Gasteiger partial charge is 0.467 e. The highest BCUT2D eigenvalue weighted by Crippen LogP contribution is 2.36. The first-order chi connectivity index (χ1) is 8.94. The van der Waals surface area contributed by atoms with Crippen molar-refractivity contribution < 1.29 is 14.3 Å². The molecule has 0 fully saturated rings. The van der Waals surface area contributed by atoms with E-state index in [1.807, 2.05) is 24.3 Å². The molecule has 0 aromatic heterocycles. The van der Waals surface area contributed by atoms with E-state index in [1.165, 1.54) is 12.7 Å². The van der Waals surface area contributed by atoms with Gasteiger partial charge in [-0.15, -0.1) is 11.8 Å². The maximum absolute atomic E-state index is 12.2. The molecule has 1 atom stereocenters. The van der Waals surface area contributed by atoms with Gasteiger partial charge in [0.1, 0.15) is 5.54 Å². The van der Waals surface area contributed by atoms with E-state index < -0.39 is 11.5 Å². The van der Waals surface area contributed by atoms with Crippen LogP contribution in [0, 0.1) is 0 Å². The summed E-state index contributed by atoms with van der Waals surface area (Å²) in [5.41, 5.74) is 0.185. The van der Waals surface area contributed by atoms with Gasteiger partial charge in [-0.1, -0.05) is 18.2 Å². The molecule has 1 aliphatic heterocycles. The smallest absolute Gasteiger partial charge is 0.330 e. The van der Waals surface area contributed by atoms with Crippen molar-refractivity contribution in [2.75, 3.05) is 7.11 Å². The Morgan fingerprint density at radius 3 is 2.68 bits per heavy atom. The van der Waals surface area contributed by atoms with Crippen LogP contribution < -0.4 is 5.32 Å². The van der Waals surface area contributed by atoms with Crippen LogP contribution >= 0.6 is 11.8 Å². The quantitative estimate of drug-likeness (QED) is 0.857. The van der Waals surface area contributed by atoms with Crippen LogP contribution in [0.15, 0.2) is 29.2 Å². The lowest BCUT2D eigenvalue weighted by molar-refractivity contribution is -0.149. The van der Waals surface area contributed by atoms with Gasteiger partial charge in [-0.05, 0) is 31.9 Å². The molecule has 0 unspecified atom stereocenters. The van der Waals surface area contributed by atoms with Crippen molar-refractivity contribution in [1.29, 1.82) is 0 Å². The highest BCUT2D eigenvalue weighted by molar-refractivity contribution is 8.01. The first-order valence-corrected chi connectivity index (χ1v) is 6.97. The molecule has 0 spiro atoms. The SMILES string of the molecule is COC(=O)C(C)(C)NC(=O)[C@H]1Cc2ccccc2S1. The predicted octanol–water partition coefficient (Wildman–Crippen LogP) is 1.77. The van der Waals surface area contributed by atoms with Crippen molar-refractivity contribution in [2.24, 2.45) is 0 Å². The number of hydrogen-bond donors (Lipinski definition) is 1. The third-order valence-electron chi connectivity index (χ3n) is 3.07. The van der Waals surface area contributed by atoms with Crippen molar-refractivity contribution in [3.05, 3.63) is 29.8 Å². The molecule has 4 nitrogen and oxygen atoms in total. The van der Waals surface area contributed by atoms with Gasteiger partial charge in [0.2, 0.25) is 5.91 Å². The number of ether oxygens (including phenoxy) is 1. The highest BCUT2D eigenvalue weighted by Gasteiger charge is 2.35. The molecule has 0 bridgehead atoms. The number of benzene rings is 1. The molecule has 0 radical (unpaired) electrons. The Bertz CT molecular complexity index is 488. The summed E-state index contributed by atoms with van der Waals surface area (Å²) in [6, 6.07) is 7.97. The monoisotopic (exact) mass is 279 g/mol. The molecule has 1 heterocycles. The molecule has 1 amide bonds. The standard InChI is InChI=1S/C14H17NO3S/c1-14(2,13(17)18-3)15-12(16)11-8-9-6-4-5-7-10(9)19-11/h4-7,11H,8H2,1-3H3,(H,15,16)/t11-/m1/s1. The second-order valence-corrected chi connectivity index (χ2v) is 6.27. The van der Waals surface area contributed by atoms with E-state index in [9.17, 15) is 9.59 Å². The number of nitrogens with one attached hydrogen (secondary N) is 1. The summed E-state index contributed by atoms with van der Waals surface area (Å²) in [7, 11) is 1.32. The lowest BCUT2D eigenvalue weighted by atomic mass is 10.0. The molecule has 19 heavy (non-hydrogen) atoms. The Hall–Kier alpha value is -1.49. The Morgan fingerprint density at radius 1 is 1.37 bits per heavy atom. The predicted molar refractivity (Wildman–Crippen MR) is 74.0 cm³/mol. The molecule has 1 aromatic rings. The average molecular weight is 279 g/mol. The zero-order valence-electron chi connectivity index (χ0n) is 11.2. The van der Waals surface area contributed by atoms with Gasteiger partial charge < -0.3 is 10.1 Å². The van der Waals surface area contributed by atoms with Crippen LogP contribution in [0.3, 0.4) is 0 Å². The second kappa shape index (κ2) is 5.25. The van der Waals surface area contributed by atoms with E-state index in [0.29, 0.717) is 6.42 Å². The number of rotatable bonds is 3. The summed E-state index contributed by atoms with van der Waals surface area (Å²) < 4.78 is 4.68. The third-order valence-corrected chi connectivity index (χ3v) is 4.39. The molecule has 102 valence electrons. The number of fused-ring (bicyclic) bond motifs is 1. The number of esters is 1.